The van der Waals surface area contributed by atoms with E-state index in [-0.39, 0.29) is 5.41 Å². The Hall–Kier alpha value is -5.40. The van der Waals surface area contributed by atoms with Gasteiger partial charge in [0.05, 0.1) is 0 Å². The number of nitrogens with zero attached hydrogens (tertiary/aromatic N) is 1. The van der Waals surface area contributed by atoms with Gasteiger partial charge in [0.1, 0.15) is 0 Å². The lowest BCUT2D eigenvalue weighted by Crippen LogP contribution is -2.20. The summed E-state index contributed by atoms with van der Waals surface area (Å²) in [5.74, 6) is 0. The van der Waals surface area contributed by atoms with Crippen molar-refractivity contribution >= 4 is 17.3 Å². The van der Waals surface area contributed by atoms with E-state index in [1.165, 1.54) is 44.5 Å². The summed E-state index contributed by atoms with van der Waals surface area (Å²) in [5.41, 5.74) is 13.2. The second-order valence-corrected chi connectivity index (χ2v) is 12.5. The van der Waals surface area contributed by atoms with Gasteiger partial charge in [0.2, 0.25) is 0 Å². The molecular formula is C47H47N. The smallest absolute Gasteiger partial charge is 0.0462 e. The Morgan fingerprint density at radius 1 is 0.750 bits per heavy atom. The molecule has 0 amide bonds. The van der Waals surface area contributed by atoms with E-state index in [0.717, 1.165) is 29.9 Å². The lowest BCUT2D eigenvalue weighted by molar-refractivity contribution is 0.660. The lowest BCUT2D eigenvalue weighted by Gasteiger charge is -2.27. The van der Waals surface area contributed by atoms with Crippen molar-refractivity contribution in [1.82, 2.24) is 0 Å². The Balaban J connectivity index is 1.50. The minimum absolute atomic E-state index is 0.0313. The van der Waals surface area contributed by atoms with Crippen molar-refractivity contribution in [2.75, 3.05) is 4.90 Å². The monoisotopic (exact) mass is 625 g/mol. The Bertz CT molecular complexity index is 1920. The van der Waals surface area contributed by atoms with Gasteiger partial charge in [-0.2, -0.15) is 0 Å². The number of rotatable bonds is 13. The Kier molecular flexibility index (Phi) is 11.3. The molecule has 4 aromatic carbocycles. The first-order chi connectivity index (χ1) is 23.4. The molecule has 0 saturated heterocycles. The Morgan fingerprint density at radius 2 is 1.48 bits per heavy atom. The molecule has 240 valence electrons. The zero-order valence-corrected chi connectivity index (χ0v) is 28.9. The van der Waals surface area contributed by atoms with Gasteiger partial charge in [-0.3, -0.25) is 0 Å². The molecule has 1 aliphatic carbocycles. The van der Waals surface area contributed by atoms with Crippen LogP contribution in [0.2, 0.25) is 0 Å². The van der Waals surface area contributed by atoms with E-state index >= 15 is 0 Å². The Labute approximate surface area is 288 Å². The highest BCUT2D eigenvalue weighted by Gasteiger charge is 2.34. The quantitative estimate of drug-likeness (QED) is 0.134. The first kappa shape index (κ1) is 33.9. The third-order valence-corrected chi connectivity index (χ3v) is 8.97. The molecule has 1 heteroatoms. The summed E-state index contributed by atoms with van der Waals surface area (Å²) < 4.78 is 0. The van der Waals surface area contributed by atoms with Crippen LogP contribution in [0.3, 0.4) is 0 Å². The van der Waals surface area contributed by atoms with Crippen molar-refractivity contribution in [3.8, 4) is 11.1 Å². The fourth-order valence-electron chi connectivity index (χ4n) is 6.43. The van der Waals surface area contributed by atoms with Gasteiger partial charge in [-0.15, -0.1) is 0 Å². The number of allylic oxidation sites excluding steroid dienone is 11. The number of hydrogen-bond donors (Lipinski definition) is 0. The molecule has 0 fully saturated rings. The van der Waals surface area contributed by atoms with Crippen LogP contribution in [0.4, 0.5) is 5.69 Å². The number of hydrogen-bond acceptors (Lipinski definition) is 1. The van der Waals surface area contributed by atoms with Gasteiger partial charge in [0, 0.05) is 22.5 Å². The van der Waals surface area contributed by atoms with Crippen LogP contribution in [-0.2, 0) is 11.8 Å². The largest absolute Gasteiger partial charge is 0.311 e. The molecule has 0 N–H and O–H groups in total. The van der Waals surface area contributed by atoms with Gasteiger partial charge in [0.15, 0.2) is 0 Å². The fraction of sp³-hybridized carbons (Fsp3) is 0.149. The van der Waals surface area contributed by atoms with E-state index in [1.54, 1.807) is 0 Å². The Morgan fingerprint density at radius 3 is 2.19 bits per heavy atom. The van der Waals surface area contributed by atoms with Crippen LogP contribution in [0, 0.1) is 0 Å². The standard InChI is InChI=1S/C47H47N/c1-7-11-24-38(9-3)39-30-32-42(33-31-39)48(41(19-8-2)26-17-22-36-20-13-12-14-21-36)40(10-4)25-18-23-37-29-34-44-43-27-15-16-28-45(43)47(5,6)46(44)35-37/h8-21,23-35H,2,4,7,22H2,1,3,5-6H3/b23-18+,24-11-,26-17-,38-9+,40-25+,41-19+. The molecule has 1 aliphatic rings. The highest BCUT2D eigenvalue weighted by Crippen LogP contribution is 2.48. The molecule has 0 aromatic heterocycles. The molecule has 0 atom stereocenters. The van der Waals surface area contributed by atoms with Crippen molar-refractivity contribution in [3.63, 3.8) is 0 Å². The first-order valence-electron chi connectivity index (χ1n) is 16.9. The first-order valence-corrected chi connectivity index (χ1v) is 16.9. The zero-order valence-electron chi connectivity index (χ0n) is 28.9. The second kappa shape index (κ2) is 15.9. The summed E-state index contributed by atoms with van der Waals surface area (Å²) in [7, 11) is 0. The fourth-order valence-corrected chi connectivity index (χ4v) is 6.43. The van der Waals surface area contributed by atoms with E-state index in [9.17, 15) is 0 Å². The molecule has 0 bridgehead atoms. The maximum Gasteiger partial charge on any atom is 0.0462 e. The summed E-state index contributed by atoms with van der Waals surface area (Å²) in [4.78, 5) is 2.24. The van der Waals surface area contributed by atoms with Gasteiger partial charge >= 0.3 is 0 Å². The van der Waals surface area contributed by atoms with Gasteiger partial charge in [-0.25, -0.2) is 0 Å². The van der Waals surface area contributed by atoms with Crippen LogP contribution in [-0.4, -0.2) is 0 Å². The van der Waals surface area contributed by atoms with Crippen molar-refractivity contribution in [2.45, 2.75) is 46.0 Å². The topological polar surface area (TPSA) is 3.24 Å². The predicted molar refractivity (Wildman–Crippen MR) is 211 cm³/mol. The highest BCUT2D eigenvalue weighted by atomic mass is 15.1. The number of fused-ring (bicyclic) bond motifs is 3. The molecule has 0 heterocycles. The van der Waals surface area contributed by atoms with E-state index in [0.29, 0.717) is 0 Å². The molecule has 48 heavy (non-hydrogen) atoms. The van der Waals surface area contributed by atoms with E-state index in [4.69, 9.17) is 0 Å². The lowest BCUT2D eigenvalue weighted by atomic mass is 9.82. The maximum atomic E-state index is 4.25. The van der Waals surface area contributed by atoms with Crippen LogP contribution < -0.4 is 4.90 Å². The van der Waals surface area contributed by atoms with E-state index in [2.05, 4.69) is 197 Å². The molecule has 0 spiro atoms. The average molecular weight is 626 g/mol. The average Bonchev–Trinajstić information content (AvgIpc) is 3.34. The molecular weight excluding hydrogens is 579 g/mol. The van der Waals surface area contributed by atoms with Crippen LogP contribution in [0.15, 0.2) is 182 Å². The van der Waals surface area contributed by atoms with Crippen molar-refractivity contribution in [2.24, 2.45) is 0 Å². The summed E-state index contributed by atoms with van der Waals surface area (Å²) >= 11 is 0. The van der Waals surface area contributed by atoms with E-state index in [1.807, 2.05) is 12.2 Å². The molecule has 0 radical (unpaired) electrons. The molecule has 4 aromatic rings. The zero-order chi connectivity index (χ0) is 33.9. The predicted octanol–water partition coefficient (Wildman–Crippen LogP) is 12.8. The normalized spacial score (nSPS) is 14.5. The number of anilines is 1. The van der Waals surface area contributed by atoms with Gasteiger partial charge < -0.3 is 4.90 Å². The molecule has 0 unspecified atom stereocenters. The summed E-state index contributed by atoms with van der Waals surface area (Å²) in [6.45, 7) is 17.2. The minimum atomic E-state index is -0.0313. The van der Waals surface area contributed by atoms with Crippen LogP contribution in [0.1, 0.15) is 61.9 Å². The third-order valence-electron chi connectivity index (χ3n) is 8.97. The van der Waals surface area contributed by atoms with Gasteiger partial charge in [-0.05, 0) is 101 Å². The highest BCUT2D eigenvalue weighted by molar-refractivity contribution is 5.82. The van der Waals surface area contributed by atoms with Crippen molar-refractivity contribution < 1.29 is 0 Å². The summed E-state index contributed by atoms with van der Waals surface area (Å²) in [6, 6.07) is 34.9. The van der Waals surface area contributed by atoms with E-state index < -0.39 is 0 Å². The summed E-state index contributed by atoms with van der Waals surface area (Å²) in [6.07, 6.45) is 25.0. The van der Waals surface area contributed by atoms with Crippen molar-refractivity contribution in [1.29, 1.82) is 0 Å². The van der Waals surface area contributed by atoms with Crippen LogP contribution in [0.5, 0.6) is 0 Å². The van der Waals surface area contributed by atoms with Crippen LogP contribution in [0.25, 0.3) is 22.8 Å². The SMILES string of the molecule is C=C/C=C(\C=C/Cc1ccccc1)N(/C(C=C)=C/C=C/c1ccc2c(c1)C(C)(C)c1ccccc1-2)c1ccc(C(/C=C\CC)=C/C)cc1. The van der Waals surface area contributed by atoms with Gasteiger partial charge in [-0.1, -0.05) is 161 Å². The second-order valence-electron chi connectivity index (χ2n) is 12.5. The van der Waals surface area contributed by atoms with Crippen LogP contribution >= 0.6 is 0 Å². The molecule has 5 rings (SSSR count). The number of benzene rings is 4. The molecule has 1 nitrogen and oxygen atoms in total. The summed E-state index contributed by atoms with van der Waals surface area (Å²) in [5, 5.41) is 0. The van der Waals surface area contributed by atoms with Gasteiger partial charge in [0.25, 0.3) is 0 Å². The maximum absolute atomic E-state index is 4.25. The molecule has 0 aliphatic heterocycles. The molecule has 0 saturated carbocycles. The third kappa shape index (κ3) is 7.59. The minimum Gasteiger partial charge on any atom is -0.311 e. The van der Waals surface area contributed by atoms with Crippen molar-refractivity contribution in [3.05, 3.63) is 210 Å².